The first-order valence-corrected chi connectivity index (χ1v) is 6.02. The molecule has 16 heavy (non-hydrogen) atoms. The van der Waals surface area contributed by atoms with Crippen LogP contribution in [0, 0.1) is 0 Å². The van der Waals surface area contributed by atoms with Gasteiger partial charge in [0, 0.05) is 6.04 Å². The van der Waals surface area contributed by atoms with Gasteiger partial charge in [0.25, 0.3) is 0 Å². The van der Waals surface area contributed by atoms with E-state index in [1.165, 1.54) is 5.57 Å². The molecule has 0 spiro atoms. The molecule has 92 valence electrons. The Kier molecular flexibility index (Phi) is 4.39. The maximum atomic E-state index is 11.6. The summed E-state index contributed by atoms with van der Waals surface area (Å²) in [6, 6.07) is 0.253. The molecule has 0 fully saturated rings. The Bertz CT molecular complexity index is 276. The van der Waals surface area contributed by atoms with Gasteiger partial charge in [-0.2, -0.15) is 0 Å². The van der Waals surface area contributed by atoms with Crippen LogP contribution in [-0.2, 0) is 4.74 Å². The molecular weight excluding hydrogens is 202 g/mol. The van der Waals surface area contributed by atoms with Crippen LogP contribution in [0.2, 0.25) is 0 Å². The number of carbonyl (C=O) groups is 1. The van der Waals surface area contributed by atoms with Gasteiger partial charge in [-0.1, -0.05) is 11.6 Å². The Labute approximate surface area is 98.2 Å². The van der Waals surface area contributed by atoms with Gasteiger partial charge in [0.2, 0.25) is 0 Å². The Morgan fingerprint density at radius 1 is 1.44 bits per heavy atom. The Hall–Kier alpha value is -0.990. The van der Waals surface area contributed by atoms with Crippen LogP contribution in [0.25, 0.3) is 0 Å². The number of ether oxygens (including phenoxy) is 1. The first-order valence-electron chi connectivity index (χ1n) is 6.02. The van der Waals surface area contributed by atoms with Gasteiger partial charge in [0.15, 0.2) is 0 Å². The van der Waals surface area contributed by atoms with Crippen molar-refractivity contribution in [3.63, 3.8) is 0 Å². The number of hydrogen-bond donors (Lipinski definition) is 1. The third-order valence-corrected chi connectivity index (χ3v) is 2.62. The molecule has 0 aromatic heterocycles. The van der Waals surface area contributed by atoms with Crippen LogP contribution in [0.15, 0.2) is 11.6 Å². The molecule has 0 radical (unpaired) electrons. The van der Waals surface area contributed by atoms with E-state index in [-0.39, 0.29) is 12.1 Å². The van der Waals surface area contributed by atoms with Gasteiger partial charge < -0.3 is 10.1 Å². The average Bonchev–Trinajstić information content (AvgIpc) is 2.27. The first-order chi connectivity index (χ1) is 7.37. The molecule has 0 saturated heterocycles. The van der Waals surface area contributed by atoms with E-state index in [0.717, 1.165) is 25.7 Å². The van der Waals surface area contributed by atoms with E-state index < -0.39 is 5.60 Å². The smallest absolute Gasteiger partial charge is 0.407 e. The lowest BCUT2D eigenvalue weighted by Crippen LogP contribution is -2.38. The third kappa shape index (κ3) is 5.19. The molecule has 0 aliphatic heterocycles. The van der Waals surface area contributed by atoms with Crippen LogP contribution >= 0.6 is 0 Å². The molecule has 1 atom stereocenters. The number of rotatable bonds is 1. The molecule has 1 N–H and O–H groups in total. The zero-order chi connectivity index (χ0) is 12.2. The van der Waals surface area contributed by atoms with Gasteiger partial charge in [-0.25, -0.2) is 4.79 Å². The second-order valence-corrected chi connectivity index (χ2v) is 5.51. The van der Waals surface area contributed by atoms with Crippen LogP contribution in [0.5, 0.6) is 0 Å². The summed E-state index contributed by atoms with van der Waals surface area (Å²) in [4.78, 5) is 11.6. The highest BCUT2D eigenvalue weighted by Gasteiger charge is 2.19. The number of alkyl carbamates (subject to hydrolysis) is 1. The van der Waals surface area contributed by atoms with Crippen molar-refractivity contribution in [1.29, 1.82) is 0 Å². The zero-order valence-electron chi connectivity index (χ0n) is 10.8. The van der Waals surface area contributed by atoms with Crippen LogP contribution in [0.4, 0.5) is 4.79 Å². The van der Waals surface area contributed by atoms with E-state index in [0.29, 0.717) is 0 Å². The largest absolute Gasteiger partial charge is 0.444 e. The number of nitrogens with one attached hydrogen (secondary N) is 1. The topological polar surface area (TPSA) is 38.3 Å². The van der Waals surface area contributed by atoms with E-state index in [9.17, 15) is 4.79 Å². The molecule has 1 amide bonds. The van der Waals surface area contributed by atoms with E-state index in [1.54, 1.807) is 0 Å². The molecule has 1 aliphatic carbocycles. The van der Waals surface area contributed by atoms with Crippen molar-refractivity contribution in [2.75, 3.05) is 0 Å². The maximum absolute atomic E-state index is 11.6. The molecule has 0 saturated carbocycles. The number of amides is 1. The molecule has 0 aromatic rings. The SMILES string of the molecule is CC1=CCCC(NC(=O)OC(C)(C)C)CC1. The monoisotopic (exact) mass is 225 g/mol. The predicted octanol–water partition coefficient (Wildman–Crippen LogP) is 3.40. The van der Waals surface area contributed by atoms with Crippen LogP contribution in [0.3, 0.4) is 0 Å². The van der Waals surface area contributed by atoms with Crippen LogP contribution in [0.1, 0.15) is 53.4 Å². The van der Waals surface area contributed by atoms with Crippen molar-refractivity contribution in [3.8, 4) is 0 Å². The van der Waals surface area contributed by atoms with Gasteiger partial charge in [-0.3, -0.25) is 0 Å². The maximum Gasteiger partial charge on any atom is 0.407 e. The summed E-state index contributed by atoms with van der Waals surface area (Å²) in [5, 5.41) is 2.94. The molecule has 1 unspecified atom stereocenters. The highest BCUT2D eigenvalue weighted by Crippen LogP contribution is 2.17. The van der Waals surface area contributed by atoms with Crippen molar-refractivity contribution in [2.45, 2.75) is 65.0 Å². The van der Waals surface area contributed by atoms with Gasteiger partial charge in [0.05, 0.1) is 0 Å². The van der Waals surface area contributed by atoms with Crippen molar-refractivity contribution in [1.82, 2.24) is 5.32 Å². The fourth-order valence-corrected chi connectivity index (χ4v) is 1.80. The molecule has 0 aromatic carbocycles. The molecule has 1 aliphatic rings. The second kappa shape index (κ2) is 5.37. The number of hydrogen-bond acceptors (Lipinski definition) is 2. The Morgan fingerprint density at radius 3 is 2.75 bits per heavy atom. The van der Waals surface area contributed by atoms with Crippen LogP contribution < -0.4 is 5.32 Å². The first kappa shape index (κ1) is 13.1. The summed E-state index contributed by atoms with van der Waals surface area (Å²) >= 11 is 0. The second-order valence-electron chi connectivity index (χ2n) is 5.51. The summed E-state index contributed by atoms with van der Waals surface area (Å²) in [5.74, 6) is 0. The van der Waals surface area contributed by atoms with Crippen LogP contribution in [-0.4, -0.2) is 17.7 Å². The van der Waals surface area contributed by atoms with Gasteiger partial charge in [0.1, 0.15) is 5.60 Å². The van der Waals surface area contributed by atoms with E-state index in [2.05, 4.69) is 18.3 Å². The molecule has 0 bridgehead atoms. The highest BCUT2D eigenvalue weighted by atomic mass is 16.6. The quantitative estimate of drug-likeness (QED) is 0.694. The highest BCUT2D eigenvalue weighted by molar-refractivity contribution is 5.68. The van der Waals surface area contributed by atoms with Gasteiger partial charge in [-0.15, -0.1) is 0 Å². The average molecular weight is 225 g/mol. The van der Waals surface area contributed by atoms with E-state index >= 15 is 0 Å². The lowest BCUT2D eigenvalue weighted by Gasteiger charge is -2.23. The number of carbonyl (C=O) groups excluding carboxylic acids is 1. The van der Waals surface area contributed by atoms with Gasteiger partial charge >= 0.3 is 6.09 Å². The summed E-state index contributed by atoms with van der Waals surface area (Å²) < 4.78 is 5.24. The third-order valence-electron chi connectivity index (χ3n) is 2.62. The molecule has 3 heteroatoms. The minimum absolute atomic E-state index is 0.253. The van der Waals surface area contributed by atoms with Crippen molar-refractivity contribution in [3.05, 3.63) is 11.6 Å². The number of allylic oxidation sites excluding steroid dienone is 2. The van der Waals surface area contributed by atoms with Gasteiger partial charge in [-0.05, 0) is 53.4 Å². The summed E-state index contributed by atoms with van der Waals surface area (Å²) in [7, 11) is 0. The molecule has 3 nitrogen and oxygen atoms in total. The van der Waals surface area contributed by atoms with E-state index in [1.807, 2.05) is 20.8 Å². The van der Waals surface area contributed by atoms with Crippen molar-refractivity contribution in [2.24, 2.45) is 0 Å². The molecule has 0 heterocycles. The van der Waals surface area contributed by atoms with Crippen molar-refractivity contribution >= 4 is 6.09 Å². The summed E-state index contributed by atoms with van der Waals surface area (Å²) in [6.07, 6.45) is 6.11. The Balaban J connectivity index is 2.35. The van der Waals surface area contributed by atoms with Crippen molar-refractivity contribution < 1.29 is 9.53 Å². The lowest BCUT2D eigenvalue weighted by atomic mass is 10.1. The normalized spacial score (nSPS) is 22.0. The zero-order valence-corrected chi connectivity index (χ0v) is 10.8. The molecular formula is C13H23NO2. The summed E-state index contributed by atoms with van der Waals surface area (Å²) in [5.41, 5.74) is 1.01. The molecule has 1 rings (SSSR count). The standard InChI is InChI=1S/C13H23NO2/c1-10-6-5-7-11(9-8-10)14-12(15)16-13(2,3)4/h6,11H,5,7-9H2,1-4H3,(H,14,15). The lowest BCUT2D eigenvalue weighted by molar-refractivity contribution is 0.0500. The predicted molar refractivity (Wildman–Crippen MR) is 65.4 cm³/mol. The Morgan fingerprint density at radius 2 is 2.12 bits per heavy atom. The fourth-order valence-electron chi connectivity index (χ4n) is 1.80. The minimum atomic E-state index is -0.414. The summed E-state index contributed by atoms with van der Waals surface area (Å²) in [6.45, 7) is 7.79. The minimum Gasteiger partial charge on any atom is -0.444 e. The fraction of sp³-hybridized carbons (Fsp3) is 0.769. The van der Waals surface area contributed by atoms with E-state index in [4.69, 9.17) is 4.74 Å².